The summed E-state index contributed by atoms with van der Waals surface area (Å²) < 4.78 is 33.9. The number of nitrogens with one attached hydrogen (secondary N) is 1. The maximum Gasteiger partial charge on any atom is 0.243 e. The molecule has 4 rings (SSSR count). The Balaban J connectivity index is 1.41. The minimum Gasteiger partial charge on any atom is -0.379 e. The molecule has 1 saturated heterocycles. The van der Waals surface area contributed by atoms with E-state index in [1.807, 2.05) is 18.3 Å². The number of sulfonamides is 1. The van der Waals surface area contributed by atoms with Crippen LogP contribution in [0.2, 0.25) is 0 Å². The SMILES string of the molecule is CC(C)(C)c1cn2nc(NCc3ccc(S(=O)(=O)N4CCOCC4)cc3)sc2n1. The van der Waals surface area contributed by atoms with Crippen molar-refractivity contribution in [1.29, 1.82) is 0 Å². The Bertz CT molecular complexity index is 1060. The highest BCUT2D eigenvalue weighted by atomic mass is 32.2. The second kappa shape index (κ2) is 7.67. The number of rotatable bonds is 5. The molecule has 156 valence electrons. The van der Waals surface area contributed by atoms with Gasteiger partial charge in [0.2, 0.25) is 20.1 Å². The molecule has 1 fully saturated rings. The minimum atomic E-state index is -3.46. The van der Waals surface area contributed by atoms with Gasteiger partial charge in [0.25, 0.3) is 0 Å². The largest absolute Gasteiger partial charge is 0.379 e. The first-order chi connectivity index (χ1) is 13.7. The number of morpholine rings is 1. The van der Waals surface area contributed by atoms with Crippen molar-refractivity contribution in [2.45, 2.75) is 37.6 Å². The molecular weight excluding hydrogens is 410 g/mol. The quantitative estimate of drug-likeness (QED) is 0.663. The van der Waals surface area contributed by atoms with Crippen molar-refractivity contribution < 1.29 is 13.2 Å². The van der Waals surface area contributed by atoms with Gasteiger partial charge in [-0.2, -0.15) is 4.31 Å². The highest BCUT2D eigenvalue weighted by Crippen LogP contribution is 2.26. The Morgan fingerprint density at radius 1 is 1.17 bits per heavy atom. The average molecular weight is 436 g/mol. The van der Waals surface area contributed by atoms with Crippen molar-refractivity contribution in [3.05, 3.63) is 41.7 Å². The second-order valence-electron chi connectivity index (χ2n) is 8.02. The lowest BCUT2D eigenvalue weighted by atomic mass is 9.93. The molecule has 2 aromatic heterocycles. The van der Waals surface area contributed by atoms with E-state index < -0.39 is 10.0 Å². The van der Waals surface area contributed by atoms with E-state index in [9.17, 15) is 8.42 Å². The Labute approximate surface area is 174 Å². The van der Waals surface area contributed by atoms with Crippen molar-refractivity contribution in [2.24, 2.45) is 0 Å². The first-order valence-electron chi connectivity index (χ1n) is 9.51. The van der Waals surface area contributed by atoms with Crippen molar-refractivity contribution in [3.63, 3.8) is 0 Å². The van der Waals surface area contributed by atoms with Gasteiger partial charge >= 0.3 is 0 Å². The number of ether oxygens (including phenoxy) is 1. The molecule has 10 heteroatoms. The van der Waals surface area contributed by atoms with Gasteiger partial charge in [0.1, 0.15) is 0 Å². The number of hydrogen-bond donors (Lipinski definition) is 1. The normalized spacial score (nSPS) is 16.4. The van der Waals surface area contributed by atoms with Gasteiger partial charge in [-0.15, -0.1) is 5.10 Å². The molecule has 1 aliphatic rings. The molecule has 0 amide bonds. The fourth-order valence-electron chi connectivity index (χ4n) is 3.03. The molecule has 0 bridgehead atoms. The smallest absolute Gasteiger partial charge is 0.243 e. The van der Waals surface area contributed by atoms with Crippen LogP contribution in [0.3, 0.4) is 0 Å². The van der Waals surface area contributed by atoms with Crippen LogP contribution in [0, 0.1) is 0 Å². The standard InChI is InChI=1S/C19H25N5O3S2/c1-19(2,3)16-13-24-18(21-16)28-17(22-24)20-12-14-4-6-15(7-5-14)29(25,26)23-8-10-27-11-9-23/h4-7,13H,8-12H2,1-3H3,(H,20,22). The highest BCUT2D eigenvalue weighted by Gasteiger charge is 2.26. The number of aromatic nitrogens is 3. The van der Waals surface area contributed by atoms with E-state index in [1.165, 1.54) is 15.6 Å². The van der Waals surface area contributed by atoms with E-state index >= 15 is 0 Å². The number of imidazole rings is 1. The van der Waals surface area contributed by atoms with Crippen LogP contribution < -0.4 is 5.32 Å². The lowest BCUT2D eigenvalue weighted by molar-refractivity contribution is 0.0730. The van der Waals surface area contributed by atoms with Crippen LogP contribution in [-0.2, 0) is 26.7 Å². The van der Waals surface area contributed by atoms with Crippen LogP contribution >= 0.6 is 11.3 Å². The highest BCUT2D eigenvalue weighted by molar-refractivity contribution is 7.89. The van der Waals surface area contributed by atoms with Crippen LogP contribution in [-0.4, -0.2) is 53.6 Å². The van der Waals surface area contributed by atoms with E-state index in [1.54, 1.807) is 16.6 Å². The molecule has 0 spiro atoms. The number of nitrogens with zero attached hydrogens (tertiary/aromatic N) is 4. The molecular formula is C19H25N5O3S2. The van der Waals surface area contributed by atoms with E-state index in [0.29, 0.717) is 37.7 Å². The van der Waals surface area contributed by atoms with Crippen molar-refractivity contribution in [1.82, 2.24) is 18.9 Å². The summed E-state index contributed by atoms with van der Waals surface area (Å²) in [6.07, 6.45) is 1.96. The minimum absolute atomic E-state index is 0.00961. The summed E-state index contributed by atoms with van der Waals surface area (Å²) in [7, 11) is -3.46. The molecule has 0 atom stereocenters. The molecule has 29 heavy (non-hydrogen) atoms. The Hall–Kier alpha value is -2.01. The summed E-state index contributed by atoms with van der Waals surface area (Å²) >= 11 is 1.49. The predicted molar refractivity (Wildman–Crippen MR) is 113 cm³/mol. The maximum absolute atomic E-state index is 12.7. The van der Waals surface area contributed by atoms with Gasteiger partial charge in [-0.3, -0.25) is 0 Å². The third kappa shape index (κ3) is 4.30. The zero-order chi connectivity index (χ0) is 20.6. The summed E-state index contributed by atoms with van der Waals surface area (Å²) in [6.45, 7) is 8.61. The molecule has 0 saturated carbocycles. The van der Waals surface area contributed by atoms with Crippen molar-refractivity contribution in [3.8, 4) is 0 Å². The fourth-order valence-corrected chi connectivity index (χ4v) is 5.21. The summed E-state index contributed by atoms with van der Waals surface area (Å²) in [5.41, 5.74) is 1.98. The zero-order valence-corrected chi connectivity index (χ0v) is 18.4. The van der Waals surface area contributed by atoms with Gasteiger partial charge in [0.05, 0.1) is 30.0 Å². The molecule has 0 unspecified atom stereocenters. The molecule has 0 aliphatic carbocycles. The fraction of sp³-hybridized carbons (Fsp3) is 0.474. The van der Waals surface area contributed by atoms with Crippen molar-refractivity contribution in [2.75, 3.05) is 31.6 Å². The first kappa shape index (κ1) is 20.3. The van der Waals surface area contributed by atoms with Crippen LogP contribution in [0.15, 0.2) is 35.4 Å². The second-order valence-corrected chi connectivity index (χ2v) is 10.9. The van der Waals surface area contributed by atoms with Crippen LogP contribution in [0.1, 0.15) is 32.0 Å². The van der Waals surface area contributed by atoms with E-state index in [4.69, 9.17) is 4.74 Å². The van der Waals surface area contributed by atoms with E-state index in [2.05, 4.69) is 36.2 Å². The van der Waals surface area contributed by atoms with Gasteiger partial charge in [0.15, 0.2) is 0 Å². The topological polar surface area (TPSA) is 88.8 Å². The molecule has 8 nitrogen and oxygen atoms in total. The lowest BCUT2D eigenvalue weighted by Crippen LogP contribution is -2.40. The number of benzene rings is 1. The van der Waals surface area contributed by atoms with Crippen LogP contribution in [0.4, 0.5) is 5.13 Å². The maximum atomic E-state index is 12.7. The Morgan fingerprint density at radius 3 is 2.48 bits per heavy atom. The first-order valence-corrected chi connectivity index (χ1v) is 11.8. The van der Waals surface area contributed by atoms with Gasteiger partial charge in [0, 0.05) is 25.0 Å². The van der Waals surface area contributed by atoms with E-state index in [-0.39, 0.29) is 5.41 Å². The molecule has 3 heterocycles. The Kier molecular flexibility index (Phi) is 5.36. The number of fused-ring (bicyclic) bond motifs is 1. The third-order valence-corrected chi connectivity index (χ3v) is 7.58. The van der Waals surface area contributed by atoms with Gasteiger partial charge < -0.3 is 10.1 Å². The third-order valence-electron chi connectivity index (χ3n) is 4.79. The number of hydrogen-bond acceptors (Lipinski definition) is 7. The molecule has 1 aromatic carbocycles. The molecule has 1 N–H and O–H groups in total. The predicted octanol–water partition coefficient (Wildman–Crippen LogP) is 2.72. The average Bonchev–Trinajstić information content (AvgIpc) is 3.26. The monoisotopic (exact) mass is 435 g/mol. The number of anilines is 1. The Morgan fingerprint density at radius 2 is 1.86 bits per heavy atom. The summed E-state index contributed by atoms with van der Waals surface area (Å²) in [5, 5.41) is 8.59. The van der Waals surface area contributed by atoms with Gasteiger partial charge in [-0.1, -0.05) is 44.2 Å². The molecule has 1 aliphatic heterocycles. The summed E-state index contributed by atoms with van der Waals surface area (Å²) in [5.74, 6) is 0. The van der Waals surface area contributed by atoms with Crippen molar-refractivity contribution >= 4 is 31.5 Å². The van der Waals surface area contributed by atoms with Crippen LogP contribution in [0.25, 0.3) is 4.96 Å². The zero-order valence-electron chi connectivity index (χ0n) is 16.8. The van der Waals surface area contributed by atoms with E-state index in [0.717, 1.165) is 21.3 Å². The van der Waals surface area contributed by atoms with Gasteiger partial charge in [-0.25, -0.2) is 17.9 Å². The van der Waals surface area contributed by atoms with Gasteiger partial charge in [-0.05, 0) is 17.7 Å². The summed E-state index contributed by atoms with van der Waals surface area (Å²) in [4.78, 5) is 5.80. The summed E-state index contributed by atoms with van der Waals surface area (Å²) in [6, 6.07) is 6.98. The van der Waals surface area contributed by atoms with Crippen LogP contribution in [0.5, 0.6) is 0 Å². The molecule has 3 aromatic rings. The lowest BCUT2D eigenvalue weighted by Gasteiger charge is -2.26. The molecule has 0 radical (unpaired) electrons.